The maximum Gasteiger partial charge on any atom is 0.136 e. The molecular weight excluding hydrogens is 284 g/mol. The van der Waals surface area contributed by atoms with Gasteiger partial charge in [-0.3, -0.25) is 4.98 Å². The number of nitrogen functional groups attached to an aromatic ring is 1. The molecule has 0 bridgehead atoms. The number of halogens is 1. The molecule has 0 saturated carbocycles. The second-order valence-corrected chi connectivity index (χ2v) is 5.40. The maximum atomic E-state index is 6.19. The van der Waals surface area contributed by atoms with E-state index in [1.54, 1.807) is 12.3 Å². The largest absolute Gasteiger partial charge is 0.457 e. The van der Waals surface area contributed by atoms with Crippen LogP contribution in [-0.4, -0.2) is 4.98 Å². The van der Waals surface area contributed by atoms with Gasteiger partial charge in [0.1, 0.15) is 11.5 Å². The van der Waals surface area contributed by atoms with Crippen LogP contribution in [0.5, 0.6) is 11.5 Å². The Balaban J connectivity index is 2.09. The summed E-state index contributed by atoms with van der Waals surface area (Å²) in [6.45, 7) is 3.93. The van der Waals surface area contributed by atoms with Gasteiger partial charge in [0.05, 0.1) is 11.2 Å². The van der Waals surface area contributed by atoms with E-state index in [1.165, 1.54) is 0 Å². The Labute approximate surface area is 128 Å². The van der Waals surface area contributed by atoms with Crippen molar-refractivity contribution < 1.29 is 4.74 Å². The molecule has 0 spiro atoms. The van der Waals surface area contributed by atoms with Gasteiger partial charge in [-0.05, 0) is 61.4 Å². The monoisotopic (exact) mass is 298 g/mol. The zero-order valence-corrected chi connectivity index (χ0v) is 12.6. The Bertz CT molecular complexity index is 807. The number of ether oxygens (including phenoxy) is 1. The summed E-state index contributed by atoms with van der Waals surface area (Å²) in [5, 5.41) is 1.66. The van der Waals surface area contributed by atoms with Crippen LogP contribution in [-0.2, 0) is 0 Å². The number of rotatable bonds is 2. The van der Waals surface area contributed by atoms with Gasteiger partial charge in [0, 0.05) is 16.6 Å². The van der Waals surface area contributed by atoms with Gasteiger partial charge >= 0.3 is 0 Å². The van der Waals surface area contributed by atoms with Crippen molar-refractivity contribution in [1.82, 2.24) is 4.98 Å². The van der Waals surface area contributed by atoms with Crippen LogP contribution in [0, 0.1) is 13.8 Å². The molecule has 106 valence electrons. The number of benzene rings is 2. The van der Waals surface area contributed by atoms with Crippen LogP contribution < -0.4 is 10.5 Å². The predicted octanol–water partition coefficient (Wildman–Crippen LogP) is 4.88. The highest BCUT2D eigenvalue weighted by molar-refractivity contribution is 6.32. The fourth-order valence-corrected chi connectivity index (χ4v) is 2.46. The number of aromatic nitrogens is 1. The number of anilines is 1. The molecule has 0 aliphatic carbocycles. The minimum absolute atomic E-state index is 0.640. The van der Waals surface area contributed by atoms with Gasteiger partial charge in [-0.25, -0.2) is 0 Å². The lowest BCUT2D eigenvalue weighted by molar-refractivity contribution is 0.487. The van der Waals surface area contributed by atoms with E-state index >= 15 is 0 Å². The normalized spacial score (nSPS) is 10.8. The molecule has 2 N–H and O–H groups in total. The molecule has 3 nitrogen and oxygen atoms in total. The molecular formula is C17H15ClN2O. The van der Waals surface area contributed by atoms with Crippen molar-refractivity contribution in [1.29, 1.82) is 0 Å². The molecule has 0 unspecified atom stereocenters. The van der Waals surface area contributed by atoms with E-state index in [9.17, 15) is 0 Å². The summed E-state index contributed by atoms with van der Waals surface area (Å²) in [5.74, 6) is 1.48. The number of hydrogen-bond acceptors (Lipinski definition) is 3. The van der Waals surface area contributed by atoms with Crippen molar-refractivity contribution in [2.45, 2.75) is 13.8 Å². The van der Waals surface area contributed by atoms with Crippen LogP contribution >= 0.6 is 11.6 Å². The standard InChI is InChI=1S/C17H15ClN2O/c1-10-8-12(9-11(2)16(10)18)21-15-6-5-14(19)17-13(15)4-3-7-20-17/h3-9H,19H2,1-2H3. The second kappa shape index (κ2) is 5.26. The van der Waals surface area contributed by atoms with Crippen molar-refractivity contribution in [2.24, 2.45) is 0 Å². The van der Waals surface area contributed by atoms with E-state index in [0.717, 1.165) is 38.6 Å². The lowest BCUT2D eigenvalue weighted by Crippen LogP contribution is -1.93. The van der Waals surface area contributed by atoms with E-state index in [2.05, 4.69) is 4.98 Å². The van der Waals surface area contributed by atoms with E-state index in [4.69, 9.17) is 22.1 Å². The third kappa shape index (κ3) is 2.52. The average Bonchev–Trinajstić information content (AvgIpc) is 2.48. The van der Waals surface area contributed by atoms with Crippen LogP contribution in [0.4, 0.5) is 5.69 Å². The molecule has 0 aliphatic rings. The Morgan fingerprint density at radius 3 is 2.52 bits per heavy atom. The summed E-state index contributed by atoms with van der Waals surface area (Å²) >= 11 is 6.19. The van der Waals surface area contributed by atoms with Crippen LogP contribution in [0.1, 0.15) is 11.1 Å². The second-order valence-electron chi connectivity index (χ2n) is 5.03. The molecule has 0 atom stereocenters. The lowest BCUT2D eigenvalue weighted by Gasteiger charge is -2.12. The third-order valence-electron chi connectivity index (χ3n) is 3.40. The van der Waals surface area contributed by atoms with Gasteiger partial charge in [0.25, 0.3) is 0 Å². The molecule has 3 rings (SSSR count). The van der Waals surface area contributed by atoms with Crippen LogP contribution in [0.3, 0.4) is 0 Å². The van der Waals surface area contributed by atoms with E-state index < -0.39 is 0 Å². The molecule has 0 fully saturated rings. The molecule has 0 aliphatic heterocycles. The van der Waals surface area contributed by atoms with E-state index in [1.807, 2.05) is 44.2 Å². The highest BCUT2D eigenvalue weighted by Gasteiger charge is 2.09. The predicted molar refractivity (Wildman–Crippen MR) is 87.2 cm³/mol. The van der Waals surface area contributed by atoms with E-state index in [0.29, 0.717) is 5.69 Å². The summed E-state index contributed by atoms with van der Waals surface area (Å²) in [5.41, 5.74) is 9.32. The Kier molecular flexibility index (Phi) is 3.43. The summed E-state index contributed by atoms with van der Waals surface area (Å²) in [4.78, 5) is 4.31. The zero-order valence-electron chi connectivity index (χ0n) is 11.9. The van der Waals surface area contributed by atoms with E-state index in [-0.39, 0.29) is 0 Å². The van der Waals surface area contributed by atoms with Crippen molar-refractivity contribution in [3.63, 3.8) is 0 Å². The first kappa shape index (κ1) is 13.7. The first-order chi connectivity index (χ1) is 10.1. The molecule has 0 radical (unpaired) electrons. The summed E-state index contributed by atoms with van der Waals surface area (Å²) < 4.78 is 6.01. The highest BCUT2D eigenvalue weighted by Crippen LogP contribution is 2.34. The number of hydrogen-bond donors (Lipinski definition) is 1. The lowest BCUT2D eigenvalue weighted by atomic mass is 10.1. The average molecular weight is 299 g/mol. The maximum absolute atomic E-state index is 6.19. The zero-order chi connectivity index (χ0) is 15.0. The van der Waals surface area contributed by atoms with Crippen LogP contribution in [0.2, 0.25) is 5.02 Å². The minimum atomic E-state index is 0.640. The Hall–Kier alpha value is -2.26. The third-order valence-corrected chi connectivity index (χ3v) is 3.99. The van der Waals surface area contributed by atoms with Crippen LogP contribution in [0.15, 0.2) is 42.6 Å². The number of pyridine rings is 1. The summed E-state index contributed by atoms with van der Waals surface area (Å²) in [6, 6.07) is 11.3. The molecule has 0 amide bonds. The molecule has 4 heteroatoms. The van der Waals surface area contributed by atoms with Crippen molar-refractivity contribution in [3.8, 4) is 11.5 Å². The molecule has 2 aromatic carbocycles. The SMILES string of the molecule is Cc1cc(Oc2ccc(N)c3ncccc23)cc(C)c1Cl. The highest BCUT2D eigenvalue weighted by atomic mass is 35.5. The summed E-state index contributed by atoms with van der Waals surface area (Å²) in [7, 11) is 0. The first-order valence-corrected chi connectivity index (χ1v) is 7.02. The quantitative estimate of drug-likeness (QED) is 0.686. The number of nitrogens with two attached hydrogens (primary N) is 1. The number of fused-ring (bicyclic) bond motifs is 1. The first-order valence-electron chi connectivity index (χ1n) is 6.64. The molecule has 3 aromatic rings. The van der Waals surface area contributed by atoms with Crippen molar-refractivity contribution >= 4 is 28.2 Å². The van der Waals surface area contributed by atoms with Gasteiger partial charge in [0.15, 0.2) is 0 Å². The van der Waals surface area contributed by atoms with Gasteiger partial charge in [-0.2, -0.15) is 0 Å². The van der Waals surface area contributed by atoms with Crippen molar-refractivity contribution in [3.05, 3.63) is 58.7 Å². The minimum Gasteiger partial charge on any atom is -0.457 e. The van der Waals surface area contributed by atoms with Gasteiger partial charge < -0.3 is 10.5 Å². The van der Waals surface area contributed by atoms with Crippen LogP contribution in [0.25, 0.3) is 10.9 Å². The Morgan fingerprint density at radius 2 is 1.81 bits per heavy atom. The number of nitrogens with zero attached hydrogens (tertiary/aromatic N) is 1. The molecule has 1 aromatic heterocycles. The summed E-state index contributed by atoms with van der Waals surface area (Å²) in [6.07, 6.45) is 1.72. The van der Waals surface area contributed by atoms with Gasteiger partial charge in [0.2, 0.25) is 0 Å². The smallest absolute Gasteiger partial charge is 0.136 e. The van der Waals surface area contributed by atoms with Gasteiger partial charge in [-0.1, -0.05) is 11.6 Å². The number of aryl methyl sites for hydroxylation is 2. The molecule has 0 saturated heterocycles. The fraction of sp³-hybridized carbons (Fsp3) is 0.118. The Morgan fingerprint density at radius 1 is 1.10 bits per heavy atom. The van der Waals surface area contributed by atoms with Crippen molar-refractivity contribution in [2.75, 3.05) is 5.73 Å². The molecule has 1 heterocycles. The van der Waals surface area contributed by atoms with Gasteiger partial charge in [-0.15, -0.1) is 0 Å². The topological polar surface area (TPSA) is 48.1 Å². The fourth-order valence-electron chi connectivity index (χ4n) is 2.35. The molecule has 21 heavy (non-hydrogen) atoms.